The van der Waals surface area contributed by atoms with Gasteiger partial charge in [0.25, 0.3) is 0 Å². The predicted octanol–water partition coefficient (Wildman–Crippen LogP) is 2.04. The molecule has 0 aliphatic rings. The predicted molar refractivity (Wildman–Crippen MR) is 77.1 cm³/mol. The highest BCUT2D eigenvalue weighted by Gasteiger charge is 2.19. The molecule has 0 aromatic heterocycles. The molecule has 1 aromatic rings. The van der Waals surface area contributed by atoms with E-state index in [1.54, 1.807) is 0 Å². The molecule has 0 fully saturated rings. The maximum Gasteiger partial charge on any atom is 0.215 e. The van der Waals surface area contributed by atoms with Gasteiger partial charge in [-0.1, -0.05) is 32.9 Å². The highest BCUT2D eigenvalue weighted by atomic mass is 32.2. The van der Waals surface area contributed by atoms with E-state index in [1.165, 1.54) is 24.3 Å². The summed E-state index contributed by atoms with van der Waals surface area (Å²) in [6.07, 6.45) is -0.218. The Morgan fingerprint density at radius 3 is 2.30 bits per heavy atom. The Hall–Kier alpha value is -0.980. The second-order valence-electron chi connectivity index (χ2n) is 6.15. The lowest BCUT2D eigenvalue weighted by Crippen LogP contribution is -2.34. The molecule has 0 bridgehead atoms. The summed E-state index contributed by atoms with van der Waals surface area (Å²) < 4.78 is 38.8. The lowest BCUT2D eigenvalue weighted by Gasteiger charge is -2.22. The molecular formula is C14H22FNO3S. The first-order valence-electron chi connectivity index (χ1n) is 6.47. The largest absolute Gasteiger partial charge is 0.392 e. The number of rotatable bonds is 6. The molecule has 0 spiro atoms. The fourth-order valence-corrected chi connectivity index (χ4v) is 3.03. The molecule has 1 aromatic carbocycles. The number of nitrogens with one attached hydrogen (secondary N) is 1. The fraction of sp³-hybridized carbons (Fsp3) is 0.571. The normalized spacial score (nSPS) is 14.2. The first kappa shape index (κ1) is 17.1. The summed E-state index contributed by atoms with van der Waals surface area (Å²) in [6.45, 7) is 5.91. The van der Waals surface area contributed by atoms with Crippen molar-refractivity contribution in [3.05, 3.63) is 35.6 Å². The van der Waals surface area contributed by atoms with Gasteiger partial charge >= 0.3 is 0 Å². The molecule has 6 heteroatoms. The highest BCUT2D eigenvalue weighted by molar-refractivity contribution is 7.88. The van der Waals surface area contributed by atoms with E-state index in [9.17, 15) is 17.9 Å². The van der Waals surface area contributed by atoms with Gasteiger partial charge in [-0.15, -0.1) is 0 Å². The number of aliphatic hydroxyl groups excluding tert-OH is 1. The Morgan fingerprint density at radius 1 is 1.25 bits per heavy atom. The van der Waals surface area contributed by atoms with Gasteiger partial charge < -0.3 is 5.11 Å². The second-order valence-corrected chi connectivity index (χ2v) is 7.96. The molecular weight excluding hydrogens is 281 g/mol. The highest BCUT2D eigenvalue weighted by Crippen LogP contribution is 2.20. The van der Waals surface area contributed by atoms with E-state index in [0.717, 1.165) is 0 Å². The van der Waals surface area contributed by atoms with Crippen molar-refractivity contribution in [2.24, 2.45) is 5.41 Å². The van der Waals surface area contributed by atoms with Crippen molar-refractivity contribution in [3.8, 4) is 0 Å². The van der Waals surface area contributed by atoms with Gasteiger partial charge in [0.05, 0.1) is 11.9 Å². The van der Waals surface area contributed by atoms with Gasteiger partial charge in [0, 0.05) is 6.54 Å². The minimum atomic E-state index is -3.53. The summed E-state index contributed by atoms with van der Waals surface area (Å²) in [6, 6.07) is 5.30. The van der Waals surface area contributed by atoms with Crippen LogP contribution >= 0.6 is 0 Å². The van der Waals surface area contributed by atoms with Gasteiger partial charge in [-0.25, -0.2) is 17.5 Å². The lowest BCUT2D eigenvalue weighted by atomic mass is 9.89. The lowest BCUT2D eigenvalue weighted by molar-refractivity contribution is 0.125. The zero-order valence-electron chi connectivity index (χ0n) is 12.1. The van der Waals surface area contributed by atoms with Crippen LogP contribution in [0.2, 0.25) is 0 Å². The average molecular weight is 303 g/mol. The Morgan fingerprint density at radius 2 is 1.80 bits per heavy atom. The third kappa shape index (κ3) is 6.98. The van der Waals surface area contributed by atoms with Gasteiger partial charge in [-0.05, 0) is 29.5 Å². The molecule has 1 atom stereocenters. The second kappa shape index (κ2) is 6.65. The molecule has 0 saturated heterocycles. The zero-order chi connectivity index (χ0) is 15.4. The van der Waals surface area contributed by atoms with E-state index in [-0.39, 0.29) is 17.7 Å². The van der Waals surface area contributed by atoms with Crippen molar-refractivity contribution in [2.75, 3.05) is 6.54 Å². The Kier molecular flexibility index (Phi) is 5.68. The fourth-order valence-electron chi connectivity index (χ4n) is 1.85. The monoisotopic (exact) mass is 303 g/mol. The van der Waals surface area contributed by atoms with Gasteiger partial charge in [-0.2, -0.15) is 0 Å². The standard InChI is InChI=1S/C14H22FNO3S/c1-14(2,3)8-13(17)9-16-20(18,19)10-11-4-6-12(15)7-5-11/h4-7,13,16-17H,8-10H2,1-3H3. The van der Waals surface area contributed by atoms with Crippen molar-refractivity contribution in [1.29, 1.82) is 0 Å². The number of hydrogen-bond acceptors (Lipinski definition) is 3. The van der Waals surface area contributed by atoms with Crippen molar-refractivity contribution in [1.82, 2.24) is 4.72 Å². The summed E-state index contributed by atoms with van der Waals surface area (Å²) in [5.74, 6) is -0.630. The molecule has 2 N–H and O–H groups in total. The summed E-state index contributed by atoms with van der Waals surface area (Å²) >= 11 is 0. The van der Waals surface area contributed by atoms with Crippen LogP contribution in [0.1, 0.15) is 32.8 Å². The number of aliphatic hydroxyl groups is 1. The molecule has 0 saturated carbocycles. The van der Waals surface area contributed by atoms with Crippen molar-refractivity contribution >= 4 is 10.0 Å². The van der Waals surface area contributed by atoms with E-state index < -0.39 is 21.9 Å². The van der Waals surface area contributed by atoms with E-state index in [2.05, 4.69) is 4.72 Å². The number of benzene rings is 1. The molecule has 114 valence electrons. The first-order chi connectivity index (χ1) is 9.07. The van der Waals surface area contributed by atoms with Gasteiger partial charge in [-0.3, -0.25) is 0 Å². The molecule has 1 rings (SSSR count). The van der Waals surface area contributed by atoms with Crippen LogP contribution in [0, 0.1) is 11.2 Å². The summed E-state index contributed by atoms with van der Waals surface area (Å²) in [7, 11) is -3.53. The molecule has 0 aliphatic heterocycles. The van der Waals surface area contributed by atoms with E-state index in [1.807, 2.05) is 20.8 Å². The SMILES string of the molecule is CC(C)(C)CC(O)CNS(=O)(=O)Cc1ccc(F)cc1. The quantitative estimate of drug-likeness (QED) is 0.845. The number of sulfonamides is 1. The molecule has 0 aliphatic carbocycles. The summed E-state index contributed by atoms with van der Waals surface area (Å²) in [5, 5.41) is 9.77. The van der Waals surface area contributed by atoms with Crippen LogP contribution in [0.25, 0.3) is 0 Å². The van der Waals surface area contributed by atoms with Crippen LogP contribution in [0.3, 0.4) is 0 Å². The summed E-state index contributed by atoms with van der Waals surface area (Å²) in [5.41, 5.74) is 0.436. The maximum absolute atomic E-state index is 12.7. The third-order valence-corrected chi connectivity index (χ3v) is 3.98. The first-order valence-corrected chi connectivity index (χ1v) is 8.12. The molecule has 1 unspecified atom stereocenters. The van der Waals surface area contributed by atoms with Gasteiger partial charge in [0.1, 0.15) is 5.82 Å². The van der Waals surface area contributed by atoms with Crippen molar-refractivity contribution in [2.45, 2.75) is 39.0 Å². The van der Waals surface area contributed by atoms with Crippen molar-refractivity contribution in [3.63, 3.8) is 0 Å². The number of halogens is 1. The topological polar surface area (TPSA) is 66.4 Å². The van der Waals surface area contributed by atoms with Crippen LogP contribution in [0.15, 0.2) is 24.3 Å². The van der Waals surface area contributed by atoms with Crippen LogP contribution in [-0.4, -0.2) is 26.2 Å². The van der Waals surface area contributed by atoms with Gasteiger partial charge in [0.15, 0.2) is 0 Å². The molecule has 20 heavy (non-hydrogen) atoms. The summed E-state index contributed by atoms with van der Waals surface area (Å²) in [4.78, 5) is 0. The van der Waals surface area contributed by atoms with Crippen LogP contribution in [-0.2, 0) is 15.8 Å². The smallest absolute Gasteiger partial charge is 0.215 e. The van der Waals surface area contributed by atoms with Crippen molar-refractivity contribution < 1.29 is 17.9 Å². The van der Waals surface area contributed by atoms with E-state index in [0.29, 0.717) is 12.0 Å². The molecule has 0 heterocycles. The third-order valence-electron chi connectivity index (χ3n) is 2.66. The minimum Gasteiger partial charge on any atom is -0.392 e. The molecule has 0 radical (unpaired) electrons. The van der Waals surface area contributed by atoms with Crippen LogP contribution in [0.4, 0.5) is 4.39 Å². The minimum absolute atomic E-state index is 0.0131. The molecule has 0 amide bonds. The van der Waals surface area contributed by atoms with Gasteiger partial charge in [0.2, 0.25) is 10.0 Å². The van der Waals surface area contributed by atoms with Crippen LogP contribution < -0.4 is 4.72 Å². The Bertz CT molecular complexity index is 520. The van der Waals surface area contributed by atoms with E-state index in [4.69, 9.17) is 0 Å². The molecule has 4 nitrogen and oxygen atoms in total. The Labute approximate surface area is 120 Å². The zero-order valence-corrected chi connectivity index (χ0v) is 12.9. The van der Waals surface area contributed by atoms with E-state index >= 15 is 0 Å². The number of hydrogen-bond donors (Lipinski definition) is 2. The maximum atomic E-state index is 12.7. The van der Waals surface area contributed by atoms with Crippen LogP contribution in [0.5, 0.6) is 0 Å². The Balaban J connectivity index is 2.52. The average Bonchev–Trinajstić information content (AvgIpc) is 2.27.